The summed E-state index contributed by atoms with van der Waals surface area (Å²) in [7, 11) is 0. The van der Waals surface area contributed by atoms with Crippen LogP contribution in [0.15, 0.2) is 103 Å². The summed E-state index contributed by atoms with van der Waals surface area (Å²) in [5.74, 6) is -2.98. The Hall–Kier alpha value is -5.49. The largest absolute Gasteiger partial charge is 0.423 e. The summed E-state index contributed by atoms with van der Waals surface area (Å²) in [6, 6.07) is 27.0. The summed E-state index contributed by atoms with van der Waals surface area (Å²) in [6.45, 7) is 4.41. The zero-order valence-electron chi connectivity index (χ0n) is 30.7. The Morgan fingerprint density at radius 2 is 1.33 bits per heavy atom. The van der Waals surface area contributed by atoms with Crippen LogP contribution in [-0.4, -0.2) is 35.0 Å². The number of carbonyl (C=O) groups excluding carboxylic acids is 4. The van der Waals surface area contributed by atoms with Crippen LogP contribution in [0.25, 0.3) is 0 Å². The van der Waals surface area contributed by atoms with Crippen LogP contribution in [0.4, 0.5) is 30.2 Å². The monoisotopic (exact) mass is 755 g/mol. The minimum atomic E-state index is -4.53. The van der Waals surface area contributed by atoms with E-state index in [2.05, 4.69) is 5.32 Å². The molecule has 5 unspecified atom stereocenters. The number of anilines is 3. The molecule has 0 bridgehead atoms. The molecule has 4 aromatic carbocycles. The van der Waals surface area contributed by atoms with Crippen molar-refractivity contribution in [3.63, 3.8) is 0 Å². The van der Waals surface area contributed by atoms with Gasteiger partial charge in [-0.15, -0.1) is 0 Å². The lowest BCUT2D eigenvalue weighted by molar-refractivity contribution is -0.137. The molecule has 0 aliphatic carbocycles. The Kier molecular flexibility index (Phi) is 12.0. The van der Waals surface area contributed by atoms with Gasteiger partial charge in [0.25, 0.3) is 0 Å². The van der Waals surface area contributed by atoms with Crippen molar-refractivity contribution in [2.75, 3.05) is 15.1 Å². The van der Waals surface area contributed by atoms with Gasteiger partial charge in [-0.25, -0.2) is 4.79 Å². The first-order valence-electron chi connectivity index (χ1n) is 18.7. The van der Waals surface area contributed by atoms with Crippen molar-refractivity contribution in [3.8, 4) is 5.75 Å². The van der Waals surface area contributed by atoms with Crippen molar-refractivity contribution in [2.45, 2.75) is 71.3 Å². The number of nitrogens with zero attached hydrogens (tertiary/aromatic N) is 2. The number of imide groups is 1. The number of benzene rings is 4. The van der Waals surface area contributed by atoms with Crippen LogP contribution in [0.2, 0.25) is 0 Å². The first-order valence-corrected chi connectivity index (χ1v) is 18.7. The predicted octanol–water partition coefficient (Wildman–Crippen LogP) is 8.62. The number of halogens is 3. The number of esters is 1. The fraction of sp³-hybridized carbons (Fsp3) is 0.349. The summed E-state index contributed by atoms with van der Waals surface area (Å²) < 4.78 is 44.0. The fourth-order valence-electron chi connectivity index (χ4n) is 7.73. The molecule has 2 aliphatic rings. The summed E-state index contributed by atoms with van der Waals surface area (Å²) >= 11 is 0. The van der Waals surface area contributed by atoms with E-state index in [0.29, 0.717) is 56.4 Å². The molecule has 0 saturated carbocycles. The van der Waals surface area contributed by atoms with E-state index in [1.807, 2.05) is 68.4 Å². The Morgan fingerprint density at radius 3 is 1.95 bits per heavy atom. The first-order chi connectivity index (χ1) is 26.4. The van der Waals surface area contributed by atoms with Gasteiger partial charge in [-0.05, 0) is 104 Å². The van der Waals surface area contributed by atoms with Crippen molar-refractivity contribution in [1.82, 2.24) is 0 Å². The molecular formula is C43H44F3N3O6. The normalized spacial score (nSPS) is 21.3. The van der Waals surface area contributed by atoms with E-state index in [0.717, 1.165) is 35.5 Å². The smallest absolute Gasteiger partial charge is 0.416 e. The van der Waals surface area contributed by atoms with Crippen molar-refractivity contribution in [3.05, 3.63) is 120 Å². The molecular weight excluding hydrogens is 711 g/mol. The molecule has 0 spiro atoms. The summed E-state index contributed by atoms with van der Waals surface area (Å²) in [5.41, 5.74) is 2.05. The number of nitrogens with one attached hydrogen (secondary N) is 1. The van der Waals surface area contributed by atoms with Crippen LogP contribution in [0.1, 0.15) is 73.9 Å². The molecule has 2 saturated heterocycles. The summed E-state index contributed by atoms with van der Waals surface area (Å²) in [6.07, 6.45) is -2.22. The minimum absolute atomic E-state index is 0.0553. The maximum atomic E-state index is 13.7. The molecule has 4 aromatic rings. The zero-order valence-corrected chi connectivity index (χ0v) is 30.7. The highest BCUT2D eigenvalue weighted by Gasteiger charge is 2.48. The van der Waals surface area contributed by atoms with Crippen molar-refractivity contribution in [2.24, 2.45) is 23.7 Å². The van der Waals surface area contributed by atoms with Gasteiger partial charge >= 0.3 is 12.1 Å². The van der Waals surface area contributed by atoms with Crippen LogP contribution in [-0.2, 0) is 27.1 Å². The Balaban J connectivity index is 1.02. The number of aliphatic hydroxyl groups excluding tert-OH is 1. The van der Waals surface area contributed by atoms with Crippen LogP contribution < -0.4 is 19.9 Å². The molecule has 2 N–H and O–H groups in total. The Morgan fingerprint density at radius 1 is 0.727 bits per heavy atom. The third kappa shape index (κ3) is 8.59. The van der Waals surface area contributed by atoms with E-state index in [9.17, 15) is 37.5 Å². The van der Waals surface area contributed by atoms with Crippen molar-refractivity contribution >= 4 is 40.8 Å². The number of amides is 3. The molecule has 2 aliphatic heterocycles. The predicted molar refractivity (Wildman–Crippen MR) is 202 cm³/mol. The third-order valence-electron chi connectivity index (χ3n) is 10.7. The number of carbonyl (C=O) groups is 4. The second kappa shape index (κ2) is 16.9. The van der Waals surface area contributed by atoms with Gasteiger partial charge in [0.05, 0.1) is 28.7 Å². The number of para-hydroxylation sites is 1. The average Bonchev–Trinajstić information content (AvgIpc) is 3.57. The fourth-order valence-corrected chi connectivity index (χ4v) is 7.73. The van der Waals surface area contributed by atoms with E-state index < -0.39 is 41.7 Å². The number of unbranched alkanes of at least 4 members (excludes halogenated alkanes) is 1. The number of hydrogen-bond acceptors (Lipinski definition) is 7. The standard InChI is InChI=1S/C43H44F3N3O6/c1-3-34-36(40(52)48(38(34)50)31-20-14-27(15-21-31)26-47-30-10-6-5-7-11-30)12-8-9-13-37-35(4-2)39(51)49(41(37)53)32-22-24-33(25-23-32)55-42(54)28-16-18-29(19-17-28)43(44,45)46/h5-7,10-11,14-25,34-37,41,47,53H,3-4,8-9,12-13,26H2,1-2H3. The highest BCUT2D eigenvalue weighted by molar-refractivity contribution is 6.22. The highest BCUT2D eigenvalue weighted by Crippen LogP contribution is 2.41. The second-order valence-corrected chi connectivity index (χ2v) is 14.1. The van der Waals surface area contributed by atoms with Gasteiger partial charge < -0.3 is 15.2 Å². The lowest BCUT2D eigenvalue weighted by Crippen LogP contribution is -2.35. The van der Waals surface area contributed by atoms with Gasteiger partial charge in [-0.2, -0.15) is 13.2 Å². The number of rotatable bonds is 14. The van der Waals surface area contributed by atoms with Crippen molar-refractivity contribution < 1.29 is 42.2 Å². The van der Waals surface area contributed by atoms with Gasteiger partial charge in [0.2, 0.25) is 17.7 Å². The highest BCUT2D eigenvalue weighted by atomic mass is 19.4. The van der Waals surface area contributed by atoms with Crippen LogP contribution in [0.5, 0.6) is 5.75 Å². The molecule has 55 heavy (non-hydrogen) atoms. The van der Waals surface area contributed by atoms with E-state index in [-0.39, 0.29) is 35.0 Å². The third-order valence-corrected chi connectivity index (χ3v) is 10.7. The Labute approximate surface area is 318 Å². The number of hydrogen-bond donors (Lipinski definition) is 2. The lowest BCUT2D eigenvalue weighted by atomic mass is 9.85. The summed E-state index contributed by atoms with van der Waals surface area (Å²) in [5, 5.41) is 14.7. The van der Waals surface area contributed by atoms with Gasteiger partial charge in [-0.1, -0.05) is 57.0 Å². The molecule has 2 heterocycles. The lowest BCUT2D eigenvalue weighted by Gasteiger charge is -2.24. The van der Waals surface area contributed by atoms with Crippen LogP contribution in [0, 0.1) is 23.7 Å². The maximum absolute atomic E-state index is 13.7. The van der Waals surface area contributed by atoms with E-state index in [1.54, 1.807) is 12.1 Å². The van der Waals surface area contributed by atoms with Gasteiger partial charge in [0.1, 0.15) is 12.0 Å². The quantitative estimate of drug-likeness (QED) is 0.0573. The molecule has 9 nitrogen and oxygen atoms in total. The average molecular weight is 756 g/mol. The molecule has 12 heteroatoms. The second-order valence-electron chi connectivity index (χ2n) is 14.1. The first kappa shape index (κ1) is 39.2. The summed E-state index contributed by atoms with van der Waals surface area (Å²) in [4.78, 5) is 55.8. The van der Waals surface area contributed by atoms with Crippen molar-refractivity contribution in [1.29, 1.82) is 0 Å². The van der Waals surface area contributed by atoms with E-state index >= 15 is 0 Å². The molecule has 5 atom stereocenters. The molecule has 0 aromatic heterocycles. The Bertz CT molecular complexity index is 1970. The van der Waals surface area contributed by atoms with Gasteiger partial charge in [0, 0.05) is 29.8 Å². The zero-order chi connectivity index (χ0) is 39.3. The molecule has 288 valence electrons. The maximum Gasteiger partial charge on any atom is 0.416 e. The minimum Gasteiger partial charge on any atom is -0.423 e. The van der Waals surface area contributed by atoms with Gasteiger partial charge in [0.15, 0.2) is 0 Å². The molecule has 3 amide bonds. The van der Waals surface area contributed by atoms with Gasteiger partial charge in [-0.3, -0.25) is 24.2 Å². The van der Waals surface area contributed by atoms with E-state index in [1.165, 1.54) is 21.9 Å². The number of aliphatic hydroxyl groups is 1. The SMILES string of the molecule is CCC1C(=O)N(c2ccc(CNc3ccccc3)cc2)C(=O)C1CCCCC1C(CC)C(=O)N(c2ccc(OC(=O)c3ccc(C(F)(F)F)cc3)cc2)C1O. The number of alkyl halides is 3. The number of ether oxygens (including phenoxy) is 1. The van der Waals surface area contributed by atoms with E-state index in [4.69, 9.17) is 4.74 Å². The molecule has 0 radical (unpaired) electrons. The molecule has 2 fully saturated rings. The van der Waals surface area contributed by atoms with Crippen LogP contribution in [0.3, 0.4) is 0 Å². The topological polar surface area (TPSA) is 116 Å². The molecule has 6 rings (SSSR count). The van der Waals surface area contributed by atoms with Crippen LogP contribution >= 0.6 is 0 Å².